The molecule has 1 amide bonds. The van der Waals surface area contributed by atoms with E-state index in [1.807, 2.05) is 6.07 Å². The van der Waals surface area contributed by atoms with Crippen molar-refractivity contribution >= 4 is 5.91 Å². The second kappa shape index (κ2) is 8.46. The summed E-state index contributed by atoms with van der Waals surface area (Å²) in [4.78, 5) is 15.0. The van der Waals surface area contributed by atoms with Crippen molar-refractivity contribution in [2.75, 3.05) is 32.8 Å². The number of hydrogen-bond acceptors (Lipinski definition) is 3. The van der Waals surface area contributed by atoms with E-state index >= 15 is 0 Å². The Hall–Kier alpha value is -1.39. The van der Waals surface area contributed by atoms with Gasteiger partial charge in [0.2, 0.25) is 5.91 Å². The van der Waals surface area contributed by atoms with Gasteiger partial charge in [-0.3, -0.25) is 4.79 Å². The van der Waals surface area contributed by atoms with Crippen LogP contribution < -0.4 is 5.32 Å². The van der Waals surface area contributed by atoms with Crippen LogP contribution in [0.25, 0.3) is 0 Å². The molecule has 2 heterocycles. The molecule has 0 radical (unpaired) electrons. The lowest BCUT2D eigenvalue weighted by molar-refractivity contribution is -0.125. The van der Waals surface area contributed by atoms with Gasteiger partial charge in [-0.05, 0) is 44.3 Å². The van der Waals surface area contributed by atoms with Crippen molar-refractivity contribution in [2.24, 2.45) is 5.92 Å². The molecule has 1 aromatic carbocycles. The van der Waals surface area contributed by atoms with E-state index in [4.69, 9.17) is 4.74 Å². The molecule has 23 heavy (non-hydrogen) atoms. The number of nitrogens with zero attached hydrogens (tertiary/aromatic N) is 1. The lowest BCUT2D eigenvalue weighted by atomic mass is 10.0. The molecule has 0 bridgehead atoms. The predicted molar refractivity (Wildman–Crippen MR) is 91.3 cm³/mol. The Labute approximate surface area is 139 Å². The van der Waals surface area contributed by atoms with Crippen LogP contribution in [0.15, 0.2) is 30.3 Å². The number of ether oxygens (including phenoxy) is 1. The number of likely N-dealkylation sites (tertiary alicyclic amines) is 1. The molecule has 2 atom stereocenters. The van der Waals surface area contributed by atoms with E-state index in [1.165, 1.54) is 24.8 Å². The third kappa shape index (κ3) is 5.05. The zero-order valence-electron chi connectivity index (χ0n) is 13.9. The van der Waals surface area contributed by atoms with Crippen LogP contribution in [0.3, 0.4) is 0 Å². The van der Waals surface area contributed by atoms with Crippen molar-refractivity contribution < 1.29 is 9.53 Å². The Morgan fingerprint density at radius 2 is 2.00 bits per heavy atom. The van der Waals surface area contributed by atoms with Gasteiger partial charge in [-0.1, -0.05) is 36.8 Å². The van der Waals surface area contributed by atoms with Crippen molar-refractivity contribution in [1.29, 1.82) is 0 Å². The van der Waals surface area contributed by atoms with E-state index < -0.39 is 0 Å². The highest BCUT2D eigenvalue weighted by molar-refractivity contribution is 5.79. The molecule has 3 rings (SSSR count). The van der Waals surface area contributed by atoms with Crippen molar-refractivity contribution in [1.82, 2.24) is 10.2 Å². The van der Waals surface area contributed by atoms with Gasteiger partial charge in [-0.25, -0.2) is 0 Å². The summed E-state index contributed by atoms with van der Waals surface area (Å²) in [5.41, 5.74) is 1.29. The summed E-state index contributed by atoms with van der Waals surface area (Å²) in [6.07, 6.45) is 5.65. The fourth-order valence-electron chi connectivity index (χ4n) is 3.57. The third-order valence-electron chi connectivity index (χ3n) is 4.90. The fraction of sp³-hybridized carbons (Fsp3) is 0.632. The summed E-state index contributed by atoms with van der Waals surface area (Å²) in [6, 6.07) is 10.7. The number of amides is 1. The van der Waals surface area contributed by atoms with Gasteiger partial charge in [0.1, 0.15) is 0 Å². The molecule has 2 aliphatic heterocycles. The molecular weight excluding hydrogens is 288 g/mol. The average Bonchev–Trinajstić information content (AvgIpc) is 3.11. The molecule has 0 aliphatic carbocycles. The van der Waals surface area contributed by atoms with Crippen LogP contribution in [0.2, 0.25) is 0 Å². The first-order valence-electron chi connectivity index (χ1n) is 8.95. The minimum Gasteiger partial charge on any atom is -0.381 e. The topological polar surface area (TPSA) is 41.6 Å². The van der Waals surface area contributed by atoms with Gasteiger partial charge in [0.15, 0.2) is 0 Å². The summed E-state index contributed by atoms with van der Waals surface area (Å²) in [5, 5.41) is 3.29. The van der Waals surface area contributed by atoms with Crippen LogP contribution in [0.1, 0.15) is 31.2 Å². The SMILES string of the molecule is O=C(N[C@@H](Cc1ccccc1)CN1CCCCC1)[C@@H]1CCOC1. The van der Waals surface area contributed by atoms with E-state index in [2.05, 4.69) is 34.5 Å². The molecule has 0 unspecified atom stereocenters. The molecule has 126 valence electrons. The number of carbonyl (C=O) groups is 1. The molecule has 2 saturated heterocycles. The molecular formula is C19H28N2O2. The van der Waals surface area contributed by atoms with Gasteiger partial charge in [0.05, 0.1) is 12.5 Å². The van der Waals surface area contributed by atoms with Gasteiger partial charge < -0.3 is 15.0 Å². The Balaban J connectivity index is 1.60. The minimum atomic E-state index is 0.0367. The second-order valence-electron chi connectivity index (χ2n) is 6.82. The van der Waals surface area contributed by atoms with Crippen molar-refractivity contribution in [3.8, 4) is 0 Å². The lowest BCUT2D eigenvalue weighted by Crippen LogP contribution is -2.48. The minimum absolute atomic E-state index is 0.0367. The number of carbonyl (C=O) groups excluding carboxylic acids is 1. The van der Waals surface area contributed by atoms with E-state index in [9.17, 15) is 4.79 Å². The Morgan fingerprint density at radius 3 is 2.70 bits per heavy atom. The maximum atomic E-state index is 12.5. The maximum absolute atomic E-state index is 12.5. The first kappa shape index (κ1) is 16.5. The average molecular weight is 316 g/mol. The maximum Gasteiger partial charge on any atom is 0.225 e. The Bertz CT molecular complexity index is 479. The molecule has 0 saturated carbocycles. The van der Waals surface area contributed by atoms with Gasteiger partial charge in [-0.2, -0.15) is 0 Å². The summed E-state index contributed by atoms with van der Waals surface area (Å²) in [5.74, 6) is 0.204. The first-order chi connectivity index (χ1) is 11.3. The van der Waals surface area contributed by atoms with Gasteiger partial charge in [0.25, 0.3) is 0 Å². The third-order valence-corrected chi connectivity index (χ3v) is 4.90. The quantitative estimate of drug-likeness (QED) is 0.875. The normalized spacial score (nSPS) is 23.6. The highest BCUT2D eigenvalue weighted by atomic mass is 16.5. The van der Waals surface area contributed by atoms with Crippen molar-refractivity contribution in [3.05, 3.63) is 35.9 Å². The number of piperidine rings is 1. The molecule has 2 aliphatic rings. The van der Waals surface area contributed by atoms with E-state index in [0.29, 0.717) is 13.2 Å². The van der Waals surface area contributed by atoms with Crippen molar-refractivity contribution in [3.63, 3.8) is 0 Å². The Kier molecular flexibility index (Phi) is 6.06. The Morgan fingerprint density at radius 1 is 1.22 bits per heavy atom. The van der Waals surface area contributed by atoms with E-state index in [-0.39, 0.29) is 17.9 Å². The summed E-state index contributed by atoms with van der Waals surface area (Å²) in [7, 11) is 0. The van der Waals surface area contributed by atoms with Crippen LogP contribution in [-0.4, -0.2) is 49.7 Å². The summed E-state index contributed by atoms with van der Waals surface area (Å²) in [6.45, 7) is 4.57. The molecule has 4 nitrogen and oxygen atoms in total. The van der Waals surface area contributed by atoms with Gasteiger partial charge in [0, 0.05) is 19.2 Å². The molecule has 2 fully saturated rings. The van der Waals surface area contributed by atoms with E-state index in [1.54, 1.807) is 0 Å². The highest BCUT2D eigenvalue weighted by Gasteiger charge is 2.26. The second-order valence-corrected chi connectivity index (χ2v) is 6.82. The van der Waals surface area contributed by atoms with E-state index in [0.717, 1.165) is 32.5 Å². The van der Waals surface area contributed by atoms with Crippen LogP contribution in [-0.2, 0) is 16.0 Å². The van der Waals surface area contributed by atoms with Crippen LogP contribution in [0.4, 0.5) is 0 Å². The van der Waals surface area contributed by atoms with Crippen LogP contribution in [0.5, 0.6) is 0 Å². The van der Waals surface area contributed by atoms with Crippen LogP contribution in [0, 0.1) is 5.92 Å². The number of benzene rings is 1. The first-order valence-corrected chi connectivity index (χ1v) is 8.95. The zero-order valence-corrected chi connectivity index (χ0v) is 13.9. The zero-order chi connectivity index (χ0) is 15.9. The monoisotopic (exact) mass is 316 g/mol. The standard InChI is InChI=1S/C19H28N2O2/c22-19(17-9-12-23-15-17)20-18(13-16-7-3-1-4-8-16)14-21-10-5-2-6-11-21/h1,3-4,7-8,17-18H,2,5-6,9-15H2,(H,20,22)/t17-,18+/m1/s1. The van der Waals surface area contributed by atoms with Crippen LogP contribution >= 0.6 is 0 Å². The molecule has 4 heteroatoms. The summed E-state index contributed by atoms with van der Waals surface area (Å²) >= 11 is 0. The summed E-state index contributed by atoms with van der Waals surface area (Å²) < 4.78 is 5.36. The van der Waals surface area contributed by atoms with Crippen molar-refractivity contribution in [2.45, 2.75) is 38.1 Å². The molecule has 0 spiro atoms. The lowest BCUT2D eigenvalue weighted by Gasteiger charge is -2.31. The fourth-order valence-corrected chi connectivity index (χ4v) is 3.57. The molecule has 0 aromatic heterocycles. The number of nitrogens with one attached hydrogen (secondary N) is 1. The number of rotatable bonds is 6. The predicted octanol–water partition coefficient (Wildman–Crippen LogP) is 2.24. The number of hydrogen-bond donors (Lipinski definition) is 1. The molecule has 1 N–H and O–H groups in total. The largest absolute Gasteiger partial charge is 0.381 e. The van der Waals surface area contributed by atoms with Gasteiger partial charge in [-0.15, -0.1) is 0 Å². The highest BCUT2D eigenvalue weighted by Crippen LogP contribution is 2.15. The smallest absolute Gasteiger partial charge is 0.225 e. The molecule has 1 aromatic rings. The van der Waals surface area contributed by atoms with Gasteiger partial charge >= 0.3 is 0 Å².